The largest absolute Gasteiger partial charge is 0.378 e. The van der Waals surface area contributed by atoms with E-state index < -0.39 is 0 Å². The van der Waals surface area contributed by atoms with Crippen LogP contribution < -0.4 is 5.32 Å². The first kappa shape index (κ1) is 13.1. The number of hydrogen-bond donors (Lipinski definition) is 1. The Labute approximate surface area is 116 Å². The van der Waals surface area contributed by atoms with E-state index >= 15 is 0 Å². The molecular formula is C17H25NO. The van der Waals surface area contributed by atoms with Crippen molar-refractivity contribution < 1.29 is 4.74 Å². The molecule has 3 atom stereocenters. The molecule has 1 saturated heterocycles. The normalized spacial score (nSPS) is 27.5. The maximum Gasteiger partial charge on any atom is 0.0594 e. The number of fused-ring (bicyclic) bond motifs is 1. The van der Waals surface area contributed by atoms with E-state index in [1.807, 2.05) is 0 Å². The zero-order valence-corrected chi connectivity index (χ0v) is 12.1. The summed E-state index contributed by atoms with van der Waals surface area (Å²) in [5, 5.41) is 3.68. The third kappa shape index (κ3) is 2.56. The first-order valence-corrected chi connectivity index (χ1v) is 7.76. The van der Waals surface area contributed by atoms with Gasteiger partial charge in [0, 0.05) is 18.6 Å². The van der Waals surface area contributed by atoms with E-state index in [2.05, 4.69) is 37.4 Å². The number of aryl methyl sites for hydroxylation is 2. The highest BCUT2D eigenvalue weighted by molar-refractivity contribution is 5.37. The van der Waals surface area contributed by atoms with Gasteiger partial charge in [-0.2, -0.15) is 0 Å². The molecule has 2 aliphatic rings. The predicted octanol–water partition coefficient (Wildman–Crippen LogP) is 3.25. The molecule has 0 amide bonds. The van der Waals surface area contributed by atoms with Crippen LogP contribution in [0.25, 0.3) is 0 Å². The molecule has 2 heteroatoms. The summed E-state index contributed by atoms with van der Waals surface area (Å²) in [5.41, 5.74) is 4.60. The molecular weight excluding hydrogens is 234 g/mol. The van der Waals surface area contributed by atoms with E-state index in [-0.39, 0.29) is 0 Å². The van der Waals surface area contributed by atoms with Gasteiger partial charge in [0.1, 0.15) is 0 Å². The van der Waals surface area contributed by atoms with Crippen LogP contribution >= 0.6 is 0 Å². The Kier molecular flexibility index (Phi) is 3.90. The molecule has 0 spiro atoms. The summed E-state index contributed by atoms with van der Waals surface area (Å²) in [6.07, 6.45) is 5.41. The van der Waals surface area contributed by atoms with Crippen LogP contribution in [0, 0.1) is 5.92 Å². The second-order valence-corrected chi connectivity index (χ2v) is 5.95. The molecule has 1 aromatic carbocycles. The Morgan fingerprint density at radius 1 is 1.32 bits per heavy atom. The summed E-state index contributed by atoms with van der Waals surface area (Å²) in [7, 11) is 0. The van der Waals surface area contributed by atoms with Gasteiger partial charge in [-0.15, -0.1) is 0 Å². The minimum absolute atomic E-state index is 0.373. The van der Waals surface area contributed by atoms with Crippen molar-refractivity contribution in [3.05, 3.63) is 34.9 Å². The van der Waals surface area contributed by atoms with Crippen molar-refractivity contribution in [1.82, 2.24) is 5.32 Å². The first-order chi connectivity index (χ1) is 9.29. The average molecular weight is 259 g/mol. The molecule has 2 nitrogen and oxygen atoms in total. The molecule has 1 heterocycles. The van der Waals surface area contributed by atoms with E-state index in [0.717, 1.165) is 13.2 Å². The Hall–Kier alpha value is -0.860. The van der Waals surface area contributed by atoms with Crippen LogP contribution in [0.15, 0.2) is 18.2 Å². The van der Waals surface area contributed by atoms with Gasteiger partial charge in [-0.05, 0) is 55.8 Å². The Morgan fingerprint density at radius 3 is 2.89 bits per heavy atom. The Bertz CT molecular complexity index is 443. The van der Waals surface area contributed by atoms with Crippen molar-refractivity contribution in [3.63, 3.8) is 0 Å². The lowest BCUT2D eigenvalue weighted by atomic mass is 9.87. The van der Waals surface area contributed by atoms with E-state index in [4.69, 9.17) is 4.74 Å². The van der Waals surface area contributed by atoms with Gasteiger partial charge in [-0.1, -0.05) is 25.1 Å². The minimum atomic E-state index is 0.373. The average Bonchev–Trinajstić information content (AvgIpc) is 3.03. The third-order valence-corrected chi connectivity index (χ3v) is 4.77. The summed E-state index contributed by atoms with van der Waals surface area (Å²) in [5.74, 6) is 0.611. The van der Waals surface area contributed by atoms with Gasteiger partial charge < -0.3 is 10.1 Å². The van der Waals surface area contributed by atoms with Crippen LogP contribution in [-0.4, -0.2) is 19.3 Å². The summed E-state index contributed by atoms with van der Waals surface area (Å²) >= 11 is 0. The van der Waals surface area contributed by atoms with Crippen molar-refractivity contribution in [1.29, 1.82) is 0 Å². The van der Waals surface area contributed by atoms with Crippen LogP contribution in [0.5, 0.6) is 0 Å². The van der Waals surface area contributed by atoms with Crippen LogP contribution in [0.1, 0.15) is 49.4 Å². The van der Waals surface area contributed by atoms with Crippen LogP contribution in [0.3, 0.4) is 0 Å². The van der Waals surface area contributed by atoms with Gasteiger partial charge in [0.05, 0.1) is 6.10 Å². The highest BCUT2D eigenvalue weighted by Crippen LogP contribution is 2.35. The van der Waals surface area contributed by atoms with E-state index in [1.54, 1.807) is 11.1 Å². The summed E-state index contributed by atoms with van der Waals surface area (Å²) < 4.78 is 5.77. The van der Waals surface area contributed by atoms with Gasteiger partial charge in [0.2, 0.25) is 0 Å². The number of ether oxygens (including phenoxy) is 1. The molecule has 0 aromatic heterocycles. The van der Waals surface area contributed by atoms with Crippen LogP contribution in [0.4, 0.5) is 0 Å². The second kappa shape index (κ2) is 5.64. The quantitative estimate of drug-likeness (QED) is 0.896. The standard InChI is InChI=1S/C17H25NO/c1-3-18-17(16-9-10-19-12(16)2)15-8-7-13-5-4-6-14(13)11-15/h7-8,11-12,16-18H,3-6,9-10H2,1-2H3. The molecule has 1 aliphatic heterocycles. The molecule has 0 bridgehead atoms. The van der Waals surface area contributed by atoms with Gasteiger partial charge >= 0.3 is 0 Å². The van der Waals surface area contributed by atoms with Gasteiger partial charge in [0.15, 0.2) is 0 Å². The molecule has 3 rings (SSSR count). The highest BCUT2D eigenvalue weighted by Gasteiger charge is 2.32. The predicted molar refractivity (Wildman–Crippen MR) is 78.4 cm³/mol. The number of benzene rings is 1. The summed E-state index contributed by atoms with van der Waals surface area (Å²) in [6.45, 7) is 6.35. The molecule has 1 aromatic rings. The van der Waals surface area contributed by atoms with E-state index in [0.29, 0.717) is 18.1 Å². The molecule has 19 heavy (non-hydrogen) atoms. The Balaban J connectivity index is 1.87. The molecule has 3 unspecified atom stereocenters. The molecule has 0 saturated carbocycles. The number of nitrogens with one attached hydrogen (secondary N) is 1. The van der Waals surface area contributed by atoms with Gasteiger partial charge in [-0.3, -0.25) is 0 Å². The van der Waals surface area contributed by atoms with Crippen molar-refractivity contribution in [2.24, 2.45) is 5.92 Å². The smallest absolute Gasteiger partial charge is 0.0594 e. The van der Waals surface area contributed by atoms with Gasteiger partial charge in [-0.25, -0.2) is 0 Å². The van der Waals surface area contributed by atoms with Crippen LogP contribution in [0.2, 0.25) is 0 Å². The molecule has 1 fully saturated rings. The molecule has 104 valence electrons. The second-order valence-electron chi connectivity index (χ2n) is 5.95. The van der Waals surface area contributed by atoms with E-state index in [1.165, 1.54) is 31.2 Å². The van der Waals surface area contributed by atoms with Crippen molar-refractivity contribution in [2.45, 2.75) is 51.7 Å². The first-order valence-electron chi connectivity index (χ1n) is 7.76. The molecule has 1 aliphatic carbocycles. The zero-order valence-electron chi connectivity index (χ0n) is 12.1. The monoisotopic (exact) mass is 259 g/mol. The topological polar surface area (TPSA) is 21.3 Å². The SMILES string of the molecule is CCNC(c1ccc2c(c1)CCC2)C1CCOC1C. The Morgan fingerprint density at radius 2 is 2.16 bits per heavy atom. The minimum Gasteiger partial charge on any atom is -0.378 e. The van der Waals surface area contributed by atoms with Crippen LogP contribution in [-0.2, 0) is 17.6 Å². The fourth-order valence-electron chi connectivity index (χ4n) is 3.71. The summed E-state index contributed by atoms with van der Waals surface area (Å²) in [4.78, 5) is 0. The van der Waals surface area contributed by atoms with Crippen molar-refractivity contribution >= 4 is 0 Å². The lowest BCUT2D eigenvalue weighted by Crippen LogP contribution is -2.31. The fraction of sp³-hybridized carbons (Fsp3) is 0.647. The fourth-order valence-corrected chi connectivity index (χ4v) is 3.71. The lowest BCUT2D eigenvalue weighted by molar-refractivity contribution is 0.0956. The number of rotatable bonds is 4. The zero-order chi connectivity index (χ0) is 13.2. The lowest BCUT2D eigenvalue weighted by Gasteiger charge is -2.27. The van der Waals surface area contributed by atoms with Crippen molar-refractivity contribution in [2.75, 3.05) is 13.2 Å². The van der Waals surface area contributed by atoms with Gasteiger partial charge in [0.25, 0.3) is 0 Å². The highest BCUT2D eigenvalue weighted by atomic mass is 16.5. The number of hydrogen-bond acceptors (Lipinski definition) is 2. The van der Waals surface area contributed by atoms with E-state index in [9.17, 15) is 0 Å². The molecule has 0 radical (unpaired) electrons. The maximum atomic E-state index is 5.77. The molecule has 1 N–H and O–H groups in total. The summed E-state index contributed by atoms with van der Waals surface area (Å²) in [6, 6.07) is 7.58. The maximum absolute atomic E-state index is 5.77. The third-order valence-electron chi connectivity index (χ3n) is 4.77. The van der Waals surface area contributed by atoms with Crippen molar-refractivity contribution in [3.8, 4) is 0 Å².